The van der Waals surface area contributed by atoms with Gasteiger partial charge in [-0.15, -0.1) is 0 Å². The van der Waals surface area contributed by atoms with Crippen LogP contribution in [0.4, 0.5) is 0 Å². The Hall–Kier alpha value is -0.0500. The Morgan fingerprint density at radius 2 is 2.14 bits per heavy atom. The monoisotopic (exact) mass is 261 g/mol. The summed E-state index contributed by atoms with van der Waals surface area (Å²) in [5.41, 5.74) is 0. The zero-order valence-corrected chi connectivity index (χ0v) is 10.5. The molecule has 1 atom stereocenters. The van der Waals surface area contributed by atoms with Crippen molar-refractivity contribution in [2.45, 2.75) is 51.5 Å². The molecular formula is C11H20BrNO. The molecule has 1 amide bonds. The molecule has 3 heteroatoms. The van der Waals surface area contributed by atoms with Crippen molar-refractivity contribution in [2.24, 2.45) is 5.92 Å². The van der Waals surface area contributed by atoms with Crippen LogP contribution in [0.15, 0.2) is 0 Å². The number of amides is 1. The number of rotatable bonds is 5. The van der Waals surface area contributed by atoms with Gasteiger partial charge in [0, 0.05) is 17.3 Å². The molecule has 0 bridgehead atoms. The number of carbonyl (C=O) groups excluding carboxylic acids is 1. The zero-order valence-electron chi connectivity index (χ0n) is 8.89. The first-order valence-corrected chi connectivity index (χ1v) is 6.72. The molecule has 1 saturated carbocycles. The van der Waals surface area contributed by atoms with E-state index in [-0.39, 0.29) is 5.91 Å². The summed E-state index contributed by atoms with van der Waals surface area (Å²) in [6.07, 6.45) is 6.85. The summed E-state index contributed by atoms with van der Waals surface area (Å²) in [6.45, 7) is 2.09. The fourth-order valence-electron chi connectivity index (χ4n) is 2.00. The molecule has 1 N–H and O–H groups in total. The molecule has 0 saturated heterocycles. The standard InChI is InChI=1S/C11H20BrNO/c1-9(5-4-8-12)13-11(14)10-6-2-3-7-10/h9-10H,2-8H2,1H3,(H,13,14). The van der Waals surface area contributed by atoms with Gasteiger partial charge in [-0.2, -0.15) is 0 Å². The molecule has 0 spiro atoms. The van der Waals surface area contributed by atoms with E-state index in [0.29, 0.717) is 12.0 Å². The average Bonchev–Trinajstić information content (AvgIpc) is 2.67. The van der Waals surface area contributed by atoms with Gasteiger partial charge in [0.25, 0.3) is 0 Å². The van der Waals surface area contributed by atoms with Crippen LogP contribution in [-0.4, -0.2) is 17.3 Å². The molecule has 82 valence electrons. The molecule has 0 aliphatic heterocycles. The molecule has 1 fully saturated rings. The predicted octanol–water partition coefficient (Wildman–Crippen LogP) is 2.86. The van der Waals surface area contributed by atoms with Crippen LogP contribution in [-0.2, 0) is 4.79 Å². The molecule has 1 rings (SSSR count). The zero-order chi connectivity index (χ0) is 10.4. The molecule has 2 nitrogen and oxygen atoms in total. The van der Waals surface area contributed by atoms with Crippen molar-refractivity contribution in [1.29, 1.82) is 0 Å². The topological polar surface area (TPSA) is 29.1 Å². The van der Waals surface area contributed by atoms with Gasteiger partial charge >= 0.3 is 0 Å². The second-order valence-electron chi connectivity index (χ2n) is 4.22. The van der Waals surface area contributed by atoms with Crippen LogP contribution >= 0.6 is 15.9 Å². The fourth-order valence-corrected chi connectivity index (χ4v) is 2.33. The molecule has 0 aromatic carbocycles. The summed E-state index contributed by atoms with van der Waals surface area (Å²) in [5.74, 6) is 0.589. The first kappa shape index (κ1) is 12.0. The van der Waals surface area contributed by atoms with Crippen molar-refractivity contribution in [1.82, 2.24) is 5.32 Å². The maximum Gasteiger partial charge on any atom is 0.223 e. The van der Waals surface area contributed by atoms with Crippen LogP contribution in [0.3, 0.4) is 0 Å². The third kappa shape index (κ3) is 3.99. The number of carbonyl (C=O) groups is 1. The first-order chi connectivity index (χ1) is 6.74. The predicted molar refractivity (Wildman–Crippen MR) is 62.6 cm³/mol. The molecule has 0 radical (unpaired) electrons. The van der Waals surface area contributed by atoms with Crippen LogP contribution in [0, 0.1) is 5.92 Å². The van der Waals surface area contributed by atoms with Gasteiger partial charge in [0.15, 0.2) is 0 Å². The van der Waals surface area contributed by atoms with E-state index in [1.54, 1.807) is 0 Å². The molecule has 1 aliphatic rings. The normalized spacial score (nSPS) is 19.6. The Labute approximate surface area is 95.0 Å². The van der Waals surface area contributed by atoms with Gasteiger partial charge in [0.05, 0.1) is 0 Å². The van der Waals surface area contributed by atoms with E-state index in [0.717, 1.165) is 31.0 Å². The van der Waals surface area contributed by atoms with Crippen molar-refractivity contribution < 1.29 is 4.79 Å². The lowest BCUT2D eigenvalue weighted by Crippen LogP contribution is -2.36. The van der Waals surface area contributed by atoms with Crippen LogP contribution in [0.1, 0.15) is 45.4 Å². The van der Waals surface area contributed by atoms with Crippen molar-refractivity contribution in [3.63, 3.8) is 0 Å². The van der Waals surface area contributed by atoms with E-state index in [1.807, 2.05) is 0 Å². The summed E-state index contributed by atoms with van der Waals surface area (Å²) in [6, 6.07) is 0.334. The number of halogens is 1. The highest BCUT2D eigenvalue weighted by atomic mass is 79.9. The fraction of sp³-hybridized carbons (Fsp3) is 0.909. The minimum atomic E-state index is 0.282. The highest BCUT2D eigenvalue weighted by molar-refractivity contribution is 9.09. The highest BCUT2D eigenvalue weighted by Crippen LogP contribution is 2.24. The van der Waals surface area contributed by atoms with Gasteiger partial charge in [-0.05, 0) is 32.6 Å². The third-order valence-electron chi connectivity index (χ3n) is 2.89. The number of hydrogen-bond donors (Lipinski definition) is 1. The summed E-state index contributed by atoms with van der Waals surface area (Å²) < 4.78 is 0. The van der Waals surface area contributed by atoms with E-state index in [1.165, 1.54) is 12.8 Å². The quantitative estimate of drug-likeness (QED) is 0.758. The Bertz CT molecular complexity index is 178. The lowest BCUT2D eigenvalue weighted by atomic mass is 10.1. The Morgan fingerprint density at radius 1 is 1.50 bits per heavy atom. The lowest BCUT2D eigenvalue weighted by Gasteiger charge is -2.16. The maximum atomic E-state index is 11.7. The number of alkyl halides is 1. The van der Waals surface area contributed by atoms with E-state index in [4.69, 9.17) is 0 Å². The molecule has 14 heavy (non-hydrogen) atoms. The lowest BCUT2D eigenvalue weighted by molar-refractivity contribution is -0.125. The van der Waals surface area contributed by atoms with Crippen LogP contribution < -0.4 is 5.32 Å². The van der Waals surface area contributed by atoms with Gasteiger partial charge in [0.2, 0.25) is 5.91 Å². The molecule has 1 unspecified atom stereocenters. The summed E-state index contributed by atoms with van der Waals surface area (Å²) in [4.78, 5) is 11.7. The van der Waals surface area contributed by atoms with Crippen molar-refractivity contribution >= 4 is 21.8 Å². The smallest absolute Gasteiger partial charge is 0.223 e. The van der Waals surface area contributed by atoms with Crippen LogP contribution in [0.2, 0.25) is 0 Å². The third-order valence-corrected chi connectivity index (χ3v) is 3.45. The van der Waals surface area contributed by atoms with Crippen LogP contribution in [0.5, 0.6) is 0 Å². The Kier molecular flexibility index (Phi) is 5.53. The SMILES string of the molecule is CC(CCCBr)NC(=O)C1CCCC1. The largest absolute Gasteiger partial charge is 0.353 e. The van der Waals surface area contributed by atoms with E-state index in [9.17, 15) is 4.79 Å². The molecule has 0 heterocycles. The summed E-state index contributed by atoms with van der Waals surface area (Å²) >= 11 is 3.40. The van der Waals surface area contributed by atoms with Crippen molar-refractivity contribution in [2.75, 3.05) is 5.33 Å². The minimum Gasteiger partial charge on any atom is -0.353 e. The van der Waals surface area contributed by atoms with E-state index < -0.39 is 0 Å². The summed E-state index contributed by atoms with van der Waals surface area (Å²) in [5, 5.41) is 4.12. The molecule has 1 aliphatic carbocycles. The van der Waals surface area contributed by atoms with Crippen molar-refractivity contribution in [3.8, 4) is 0 Å². The van der Waals surface area contributed by atoms with Gasteiger partial charge in [-0.1, -0.05) is 28.8 Å². The molecule has 0 aromatic heterocycles. The Balaban J connectivity index is 2.18. The number of hydrogen-bond acceptors (Lipinski definition) is 1. The van der Waals surface area contributed by atoms with E-state index >= 15 is 0 Å². The van der Waals surface area contributed by atoms with Gasteiger partial charge < -0.3 is 5.32 Å². The van der Waals surface area contributed by atoms with Crippen molar-refractivity contribution in [3.05, 3.63) is 0 Å². The Morgan fingerprint density at radius 3 is 2.71 bits per heavy atom. The maximum absolute atomic E-state index is 11.7. The van der Waals surface area contributed by atoms with E-state index in [2.05, 4.69) is 28.2 Å². The second-order valence-corrected chi connectivity index (χ2v) is 5.02. The second kappa shape index (κ2) is 6.44. The average molecular weight is 262 g/mol. The van der Waals surface area contributed by atoms with Crippen LogP contribution in [0.25, 0.3) is 0 Å². The molecular weight excluding hydrogens is 242 g/mol. The summed E-state index contributed by atoms with van der Waals surface area (Å²) in [7, 11) is 0. The van der Waals surface area contributed by atoms with Gasteiger partial charge in [0.1, 0.15) is 0 Å². The molecule has 0 aromatic rings. The van der Waals surface area contributed by atoms with Gasteiger partial charge in [-0.25, -0.2) is 0 Å². The van der Waals surface area contributed by atoms with Gasteiger partial charge in [-0.3, -0.25) is 4.79 Å². The number of nitrogens with one attached hydrogen (secondary N) is 1. The minimum absolute atomic E-state index is 0.282. The highest BCUT2D eigenvalue weighted by Gasteiger charge is 2.23. The first-order valence-electron chi connectivity index (χ1n) is 5.60.